The predicted molar refractivity (Wildman–Crippen MR) is 129 cm³/mol. The van der Waals surface area contributed by atoms with Crippen LogP contribution in [0.1, 0.15) is 49.1 Å². The molecule has 4 rings (SSSR count). The number of anilines is 1. The molecule has 0 aromatic heterocycles. The molecule has 0 atom stereocenters. The van der Waals surface area contributed by atoms with Gasteiger partial charge in [-0.05, 0) is 42.0 Å². The van der Waals surface area contributed by atoms with Crippen LogP contribution in [-0.2, 0) is 4.79 Å². The lowest BCUT2D eigenvalue weighted by molar-refractivity contribution is -0.117. The van der Waals surface area contributed by atoms with Crippen molar-refractivity contribution in [3.63, 3.8) is 0 Å². The molecule has 1 aliphatic heterocycles. The Labute approximate surface area is 186 Å². The van der Waals surface area contributed by atoms with Gasteiger partial charge in [0.05, 0.1) is 6.54 Å². The Bertz CT molecular complexity index is 833. The summed E-state index contributed by atoms with van der Waals surface area (Å²) in [6.45, 7) is 5.31. The number of piperazine rings is 1. The van der Waals surface area contributed by atoms with Crippen molar-refractivity contribution in [2.75, 3.05) is 44.6 Å². The molecule has 1 heterocycles. The Balaban J connectivity index is 1.16. The monoisotopic (exact) mass is 417 g/mol. The molecule has 1 saturated heterocycles. The minimum Gasteiger partial charge on any atom is -0.325 e. The zero-order valence-corrected chi connectivity index (χ0v) is 18.5. The van der Waals surface area contributed by atoms with Crippen LogP contribution in [0.25, 0.3) is 6.08 Å². The molecule has 0 unspecified atom stereocenters. The average molecular weight is 418 g/mol. The second-order valence-electron chi connectivity index (χ2n) is 8.89. The second kappa shape index (κ2) is 11.3. The van der Waals surface area contributed by atoms with Crippen LogP contribution in [0.5, 0.6) is 0 Å². The van der Waals surface area contributed by atoms with Crippen molar-refractivity contribution < 1.29 is 4.79 Å². The number of benzene rings is 2. The van der Waals surface area contributed by atoms with E-state index in [2.05, 4.69) is 75.8 Å². The van der Waals surface area contributed by atoms with Gasteiger partial charge in [-0.1, -0.05) is 73.9 Å². The highest BCUT2D eigenvalue weighted by Gasteiger charge is 2.19. The molecule has 0 spiro atoms. The highest BCUT2D eigenvalue weighted by molar-refractivity contribution is 5.92. The van der Waals surface area contributed by atoms with Crippen LogP contribution in [0.2, 0.25) is 0 Å². The molecule has 2 aliphatic rings. The van der Waals surface area contributed by atoms with Crippen LogP contribution < -0.4 is 5.32 Å². The molecule has 1 N–H and O–H groups in total. The smallest absolute Gasteiger partial charge is 0.238 e. The molecular weight excluding hydrogens is 382 g/mol. The van der Waals surface area contributed by atoms with Gasteiger partial charge in [0.1, 0.15) is 0 Å². The zero-order valence-electron chi connectivity index (χ0n) is 18.5. The number of nitrogens with one attached hydrogen (secondary N) is 1. The topological polar surface area (TPSA) is 35.6 Å². The van der Waals surface area contributed by atoms with Crippen LogP contribution in [0.15, 0.2) is 60.7 Å². The van der Waals surface area contributed by atoms with Crippen LogP contribution in [0, 0.1) is 0 Å². The van der Waals surface area contributed by atoms with Crippen molar-refractivity contribution in [2.24, 2.45) is 0 Å². The number of hydrogen-bond acceptors (Lipinski definition) is 3. The van der Waals surface area contributed by atoms with E-state index < -0.39 is 0 Å². The first-order valence-electron chi connectivity index (χ1n) is 11.8. The fourth-order valence-electron chi connectivity index (χ4n) is 4.71. The maximum Gasteiger partial charge on any atom is 0.238 e. The second-order valence-corrected chi connectivity index (χ2v) is 8.89. The lowest BCUT2D eigenvalue weighted by atomic mass is 9.84. The molecule has 164 valence electrons. The number of hydrogen-bond donors (Lipinski definition) is 1. The maximum atomic E-state index is 12.5. The van der Waals surface area contributed by atoms with Crippen molar-refractivity contribution in [2.45, 2.75) is 38.0 Å². The first-order valence-corrected chi connectivity index (χ1v) is 11.8. The Kier molecular flexibility index (Phi) is 7.92. The van der Waals surface area contributed by atoms with E-state index in [1.165, 1.54) is 43.2 Å². The predicted octanol–water partition coefficient (Wildman–Crippen LogP) is 5.00. The van der Waals surface area contributed by atoms with E-state index in [4.69, 9.17) is 0 Å². The average Bonchev–Trinajstić information content (AvgIpc) is 2.82. The van der Waals surface area contributed by atoms with E-state index in [1.54, 1.807) is 0 Å². The van der Waals surface area contributed by atoms with Gasteiger partial charge in [0.2, 0.25) is 5.91 Å². The Hall–Kier alpha value is -2.43. The quantitative estimate of drug-likeness (QED) is 0.688. The van der Waals surface area contributed by atoms with E-state index in [9.17, 15) is 4.79 Å². The number of rotatable bonds is 7. The van der Waals surface area contributed by atoms with Crippen LogP contribution in [-0.4, -0.2) is 55.0 Å². The summed E-state index contributed by atoms with van der Waals surface area (Å²) in [5.74, 6) is 0.792. The molecule has 4 heteroatoms. The normalized spacial score (nSPS) is 19.0. The standard InChI is InChI=1S/C27H35N3O/c31-27(28-26-15-13-25(14-16-26)24-11-5-2-6-12-24)22-30-20-18-29(19-21-30)17-7-10-23-8-3-1-4-9-23/h1,3-4,7-10,13-16,24H,2,5-6,11-12,17-22H2,(H,28,31)/b10-7-. The van der Waals surface area contributed by atoms with Gasteiger partial charge in [-0.3, -0.25) is 14.6 Å². The fraction of sp³-hybridized carbons (Fsp3) is 0.444. The van der Waals surface area contributed by atoms with Gasteiger partial charge < -0.3 is 5.32 Å². The van der Waals surface area contributed by atoms with E-state index in [0.29, 0.717) is 12.5 Å². The van der Waals surface area contributed by atoms with E-state index in [1.807, 2.05) is 6.07 Å². The summed E-state index contributed by atoms with van der Waals surface area (Å²) in [5.41, 5.74) is 3.58. The van der Waals surface area contributed by atoms with Gasteiger partial charge >= 0.3 is 0 Å². The van der Waals surface area contributed by atoms with E-state index in [-0.39, 0.29) is 5.91 Å². The van der Waals surface area contributed by atoms with Gasteiger partial charge in [0.25, 0.3) is 0 Å². The van der Waals surface area contributed by atoms with Gasteiger partial charge in [0, 0.05) is 38.4 Å². The third-order valence-corrected chi connectivity index (χ3v) is 6.58. The lowest BCUT2D eigenvalue weighted by Gasteiger charge is -2.33. The van der Waals surface area contributed by atoms with Gasteiger partial charge in [-0.2, -0.15) is 0 Å². The van der Waals surface area contributed by atoms with Crippen molar-refractivity contribution in [3.8, 4) is 0 Å². The van der Waals surface area contributed by atoms with Gasteiger partial charge in [-0.25, -0.2) is 0 Å². The van der Waals surface area contributed by atoms with Gasteiger partial charge in [-0.15, -0.1) is 0 Å². The first kappa shape index (κ1) is 21.8. The summed E-state index contributed by atoms with van der Waals surface area (Å²) < 4.78 is 0. The highest BCUT2D eigenvalue weighted by atomic mass is 16.2. The molecule has 2 fully saturated rings. The first-order chi connectivity index (χ1) is 15.3. The molecule has 2 aromatic carbocycles. The SMILES string of the molecule is O=C(CN1CCN(C/C=C\c2ccccc2)CC1)Nc1ccc(C2CCCCC2)cc1. The van der Waals surface area contributed by atoms with Crippen LogP contribution >= 0.6 is 0 Å². The molecular formula is C27H35N3O. The molecule has 4 nitrogen and oxygen atoms in total. The molecule has 0 bridgehead atoms. The van der Waals surface area contributed by atoms with Crippen molar-refractivity contribution in [3.05, 3.63) is 71.8 Å². The number of nitrogens with zero attached hydrogens (tertiary/aromatic N) is 2. The van der Waals surface area contributed by atoms with Crippen molar-refractivity contribution >= 4 is 17.7 Å². The molecule has 1 aliphatic carbocycles. The fourth-order valence-corrected chi connectivity index (χ4v) is 4.71. The Morgan fingerprint density at radius 1 is 0.871 bits per heavy atom. The largest absolute Gasteiger partial charge is 0.325 e. The van der Waals surface area contributed by atoms with Crippen molar-refractivity contribution in [1.82, 2.24) is 9.80 Å². The highest BCUT2D eigenvalue weighted by Crippen LogP contribution is 2.32. The van der Waals surface area contributed by atoms with Crippen molar-refractivity contribution in [1.29, 1.82) is 0 Å². The summed E-state index contributed by atoms with van der Waals surface area (Å²) in [6, 6.07) is 19.0. The molecule has 1 amide bonds. The number of carbonyl (C=O) groups is 1. The Morgan fingerprint density at radius 3 is 2.26 bits per heavy atom. The summed E-state index contributed by atoms with van der Waals surface area (Å²) >= 11 is 0. The maximum absolute atomic E-state index is 12.5. The Morgan fingerprint density at radius 2 is 1.55 bits per heavy atom. The van der Waals surface area contributed by atoms with E-state index in [0.717, 1.165) is 38.4 Å². The van der Waals surface area contributed by atoms with Crippen LogP contribution in [0.4, 0.5) is 5.69 Å². The van der Waals surface area contributed by atoms with E-state index >= 15 is 0 Å². The van der Waals surface area contributed by atoms with Gasteiger partial charge in [0.15, 0.2) is 0 Å². The minimum absolute atomic E-state index is 0.0860. The summed E-state index contributed by atoms with van der Waals surface area (Å²) in [4.78, 5) is 17.2. The number of amides is 1. The summed E-state index contributed by atoms with van der Waals surface area (Å²) in [7, 11) is 0. The van der Waals surface area contributed by atoms with Crippen LogP contribution in [0.3, 0.4) is 0 Å². The minimum atomic E-state index is 0.0860. The zero-order chi connectivity index (χ0) is 21.3. The molecule has 0 radical (unpaired) electrons. The molecule has 1 saturated carbocycles. The summed E-state index contributed by atoms with van der Waals surface area (Å²) in [5, 5.41) is 3.08. The lowest BCUT2D eigenvalue weighted by Crippen LogP contribution is -2.48. The molecule has 2 aromatic rings. The number of carbonyl (C=O) groups excluding carboxylic acids is 1. The summed E-state index contributed by atoms with van der Waals surface area (Å²) in [6.07, 6.45) is 11.1. The third kappa shape index (κ3) is 6.78. The molecule has 31 heavy (non-hydrogen) atoms. The third-order valence-electron chi connectivity index (χ3n) is 6.58.